The van der Waals surface area contributed by atoms with Crippen LogP contribution in [0.25, 0.3) is 0 Å². The van der Waals surface area contributed by atoms with Crippen LogP contribution in [0.1, 0.15) is 72.6 Å². The molecule has 0 saturated heterocycles. The molecular formula is C18H38N2. The summed E-state index contributed by atoms with van der Waals surface area (Å²) in [6.07, 6.45) is 9.77. The molecule has 0 amide bonds. The minimum atomic E-state index is 0.553. The number of nitrogens with one attached hydrogen (secondary N) is 1. The van der Waals surface area contributed by atoms with Gasteiger partial charge in [-0.2, -0.15) is 0 Å². The van der Waals surface area contributed by atoms with Crippen molar-refractivity contribution in [3.8, 4) is 0 Å². The molecule has 0 atom stereocenters. The lowest BCUT2D eigenvalue weighted by Crippen LogP contribution is -2.46. The Kier molecular flexibility index (Phi) is 8.79. The molecule has 1 aliphatic carbocycles. The Morgan fingerprint density at radius 3 is 2.10 bits per heavy atom. The first-order valence-corrected chi connectivity index (χ1v) is 9.05. The number of nitrogens with zero attached hydrogens (tertiary/aromatic N) is 1. The van der Waals surface area contributed by atoms with Crippen LogP contribution in [0.3, 0.4) is 0 Å². The third-order valence-corrected chi connectivity index (χ3v) is 4.61. The highest BCUT2D eigenvalue weighted by atomic mass is 15.1. The maximum Gasteiger partial charge on any atom is 0.00501 e. The largest absolute Gasteiger partial charge is 0.316 e. The Labute approximate surface area is 127 Å². The van der Waals surface area contributed by atoms with Crippen LogP contribution in [-0.4, -0.2) is 37.6 Å². The third kappa shape index (κ3) is 6.58. The molecule has 1 fully saturated rings. The van der Waals surface area contributed by atoms with E-state index in [1.807, 2.05) is 0 Å². The van der Waals surface area contributed by atoms with Gasteiger partial charge in [0.2, 0.25) is 0 Å². The highest BCUT2D eigenvalue weighted by Gasteiger charge is 2.33. The lowest BCUT2D eigenvalue weighted by Gasteiger charge is -2.41. The van der Waals surface area contributed by atoms with Gasteiger partial charge in [-0.1, -0.05) is 47.0 Å². The first-order chi connectivity index (χ1) is 9.62. The fourth-order valence-electron chi connectivity index (χ4n) is 3.70. The van der Waals surface area contributed by atoms with Crippen LogP contribution in [-0.2, 0) is 0 Å². The lowest BCUT2D eigenvalue weighted by atomic mass is 9.73. The van der Waals surface area contributed by atoms with Gasteiger partial charge in [0.1, 0.15) is 0 Å². The van der Waals surface area contributed by atoms with Crippen molar-refractivity contribution < 1.29 is 0 Å². The molecule has 0 heterocycles. The van der Waals surface area contributed by atoms with Crippen LogP contribution in [0.2, 0.25) is 0 Å². The molecule has 1 rings (SSSR count). The van der Waals surface area contributed by atoms with Gasteiger partial charge >= 0.3 is 0 Å². The topological polar surface area (TPSA) is 15.3 Å². The highest BCUT2D eigenvalue weighted by molar-refractivity contribution is 4.88. The minimum Gasteiger partial charge on any atom is -0.316 e. The quantitative estimate of drug-likeness (QED) is 0.642. The van der Waals surface area contributed by atoms with Crippen molar-refractivity contribution >= 4 is 0 Å². The van der Waals surface area contributed by atoms with Crippen LogP contribution in [0.4, 0.5) is 0 Å². The van der Waals surface area contributed by atoms with Crippen molar-refractivity contribution in [2.24, 2.45) is 11.3 Å². The van der Waals surface area contributed by atoms with E-state index in [1.54, 1.807) is 0 Å². The summed E-state index contributed by atoms with van der Waals surface area (Å²) in [4.78, 5) is 2.72. The van der Waals surface area contributed by atoms with E-state index in [-0.39, 0.29) is 0 Å². The molecule has 0 aromatic heterocycles. The first-order valence-electron chi connectivity index (χ1n) is 9.05. The Morgan fingerprint density at radius 1 is 1.00 bits per heavy atom. The summed E-state index contributed by atoms with van der Waals surface area (Å²) in [5.74, 6) is 0.762. The summed E-state index contributed by atoms with van der Waals surface area (Å²) in [5.41, 5.74) is 0.553. The standard InChI is InChI=1S/C18H38N2/c1-5-12-20(13-6-2)16-18(10-8-7-9-11-18)15-19-14-17(3)4/h17,19H,5-16H2,1-4H3. The van der Waals surface area contributed by atoms with E-state index < -0.39 is 0 Å². The van der Waals surface area contributed by atoms with Crippen molar-refractivity contribution in [2.75, 3.05) is 32.7 Å². The summed E-state index contributed by atoms with van der Waals surface area (Å²) < 4.78 is 0. The van der Waals surface area contributed by atoms with E-state index in [0.29, 0.717) is 5.41 Å². The molecule has 1 N–H and O–H groups in total. The van der Waals surface area contributed by atoms with E-state index in [0.717, 1.165) is 5.92 Å². The Bertz CT molecular complexity index is 226. The second-order valence-electron chi connectivity index (χ2n) is 7.36. The van der Waals surface area contributed by atoms with Crippen molar-refractivity contribution in [3.63, 3.8) is 0 Å². The summed E-state index contributed by atoms with van der Waals surface area (Å²) in [6.45, 7) is 15.5. The zero-order valence-corrected chi connectivity index (χ0v) is 14.5. The SMILES string of the molecule is CCCN(CCC)CC1(CNCC(C)C)CCCCC1. The molecule has 1 aliphatic rings. The molecule has 2 nitrogen and oxygen atoms in total. The van der Waals surface area contributed by atoms with E-state index in [2.05, 4.69) is 37.9 Å². The average Bonchev–Trinajstić information content (AvgIpc) is 2.40. The van der Waals surface area contributed by atoms with Crippen LogP contribution in [0.15, 0.2) is 0 Å². The first kappa shape index (κ1) is 18.0. The van der Waals surface area contributed by atoms with E-state index in [1.165, 1.54) is 77.7 Å². The zero-order chi connectivity index (χ0) is 14.8. The van der Waals surface area contributed by atoms with Crippen LogP contribution in [0.5, 0.6) is 0 Å². The number of rotatable bonds is 10. The highest BCUT2D eigenvalue weighted by Crippen LogP contribution is 2.36. The summed E-state index contributed by atoms with van der Waals surface area (Å²) in [6, 6.07) is 0. The van der Waals surface area contributed by atoms with Gasteiger partial charge in [-0.3, -0.25) is 0 Å². The van der Waals surface area contributed by atoms with Gasteiger partial charge in [-0.15, -0.1) is 0 Å². The van der Waals surface area contributed by atoms with Gasteiger partial charge in [0.25, 0.3) is 0 Å². The lowest BCUT2D eigenvalue weighted by molar-refractivity contribution is 0.101. The molecule has 20 heavy (non-hydrogen) atoms. The monoisotopic (exact) mass is 282 g/mol. The maximum atomic E-state index is 3.76. The molecule has 0 aromatic rings. The van der Waals surface area contributed by atoms with Gasteiger partial charge in [0, 0.05) is 13.1 Å². The Hall–Kier alpha value is -0.0800. The molecular weight excluding hydrogens is 244 g/mol. The van der Waals surface area contributed by atoms with Gasteiger partial charge in [0.15, 0.2) is 0 Å². The molecule has 120 valence electrons. The van der Waals surface area contributed by atoms with E-state index in [4.69, 9.17) is 0 Å². The van der Waals surface area contributed by atoms with Crippen molar-refractivity contribution in [1.29, 1.82) is 0 Å². The van der Waals surface area contributed by atoms with Gasteiger partial charge < -0.3 is 10.2 Å². The normalized spacial score (nSPS) is 18.9. The summed E-state index contributed by atoms with van der Waals surface area (Å²) in [5, 5.41) is 3.76. The molecule has 0 radical (unpaired) electrons. The molecule has 0 aromatic carbocycles. The number of hydrogen-bond acceptors (Lipinski definition) is 2. The predicted octanol–water partition coefficient (Wildman–Crippen LogP) is 4.30. The maximum absolute atomic E-state index is 3.76. The minimum absolute atomic E-state index is 0.553. The van der Waals surface area contributed by atoms with E-state index in [9.17, 15) is 0 Å². The number of hydrogen-bond donors (Lipinski definition) is 1. The van der Waals surface area contributed by atoms with Gasteiger partial charge in [0.05, 0.1) is 0 Å². The molecule has 0 aliphatic heterocycles. The Morgan fingerprint density at radius 2 is 1.60 bits per heavy atom. The predicted molar refractivity (Wildman–Crippen MR) is 90.2 cm³/mol. The summed E-state index contributed by atoms with van der Waals surface area (Å²) >= 11 is 0. The molecule has 0 bridgehead atoms. The average molecular weight is 283 g/mol. The third-order valence-electron chi connectivity index (χ3n) is 4.61. The van der Waals surface area contributed by atoms with Crippen molar-refractivity contribution in [3.05, 3.63) is 0 Å². The van der Waals surface area contributed by atoms with E-state index >= 15 is 0 Å². The zero-order valence-electron chi connectivity index (χ0n) is 14.5. The second kappa shape index (κ2) is 9.78. The molecule has 0 spiro atoms. The Balaban J connectivity index is 2.56. The second-order valence-corrected chi connectivity index (χ2v) is 7.36. The molecule has 1 saturated carbocycles. The van der Waals surface area contributed by atoms with Gasteiger partial charge in [-0.05, 0) is 56.7 Å². The molecule has 0 unspecified atom stereocenters. The van der Waals surface area contributed by atoms with Crippen molar-refractivity contribution in [1.82, 2.24) is 10.2 Å². The van der Waals surface area contributed by atoms with Crippen LogP contribution in [0, 0.1) is 11.3 Å². The molecule has 2 heteroatoms. The van der Waals surface area contributed by atoms with Crippen molar-refractivity contribution in [2.45, 2.75) is 72.6 Å². The van der Waals surface area contributed by atoms with Crippen LogP contribution < -0.4 is 5.32 Å². The fourth-order valence-corrected chi connectivity index (χ4v) is 3.70. The summed E-state index contributed by atoms with van der Waals surface area (Å²) in [7, 11) is 0. The van der Waals surface area contributed by atoms with Gasteiger partial charge in [-0.25, -0.2) is 0 Å². The fraction of sp³-hybridized carbons (Fsp3) is 1.00. The smallest absolute Gasteiger partial charge is 0.00501 e. The van der Waals surface area contributed by atoms with Crippen LogP contribution >= 0.6 is 0 Å².